The molecule has 1 atom stereocenters. The Morgan fingerprint density at radius 2 is 1.78 bits per heavy atom. The van der Waals surface area contributed by atoms with Gasteiger partial charge in [0, 0.05) is 11.3 Å². The zero-order valence-corrected chi connectivity index (χ0v) is 15.2. The van der Waals surface area contributed by atoms with Crippen LogP contribution < -0.4 is 10.0 Å². The topological polar surface area (TPSA) is 114 Å². The monoisotopic (exact) mass is 387 g/mol. The molecule has 0 saturated carbocycles. The number of aliphatic imine (C=N–C) groups is 1. The number of anilines is 1. The summed E-state index contributed by atoms with van der Waals surface area (Å²) in [6.07, 6.45) is 0. The average molecular weight is 387 g/mol. The van der Waals surface area contributed by atoms with Crippen LogP contribution in [0, 0.1) is 0 Å². The minimum Gasteiger partial charge on any atom is -0.454 e. The highest BCUT2D eigenvalue weighted by Gasteiger charge is 2.31. The summed E-state index contributed by atoms with van der Waals surface area (Å²) in [6, 6.07) is 14.1. The van der Waals surface area contributed by atoms with Gasteiger partial charge >= 0.3 is 5.97 Å². The van der Waals surface area contributed by atoms with Gasteiger partial charge in [-0.1, -0.05) is 30.3 Å². The lowest BCUT2D eigenvalue weighted by molar-refractivity contribution is -0.148. The lowest BCUT2D eigenvalue weighted by atomic mass is 10.2. The maximum atomic E-state index is 12.1. The Hall–Kier alpha value is -3.20. The van der Waals surface area contributed by atoms with Crippen LogP contribution in [0.5, 0.6) is 0 Å². The largest absolute Gasteiger partial charge is 0.454 e. The van der Waals surface area contributed by atoms with Crippen molar-refractivity contribution in [1.29, 1.82) is 0 Å². The molecule has 1 aliphatic heterocycles. The first-order chi connectivity index (χ1) is 12.9. The lowest BCUT2D eigenvalue weighted by Crippen LogP contribution is -2.28. The van der Waals surface area contributed by atoms with Gasteiger partial charge in [0.05, 0.1) is 4.90 Å². The summed E-state index contributed by atoms with van der Waals surface area (Å²) in [6.45, 7) is 0.991. The van der Waals surface area contributed by atoms with Crippen LogP contribution in [0.15, 0.2) is 64.5 Å². The van der Waals surface area contributed by atoms with Crippen LogP contribution in [0.25, 0.3) is 0 Å². The van der Waals surface area contributed by atoms with Crippen molar-refractivity contribution >= 4 is 33.4 Å². The highest BCUT2D eigenvalue weighted by atomic mass is 32.2. The van der Waals surface area contributed by atoms with Crippen molar-refractivity contribution in [3.05, 3.63) is 60.2 Å². The maximum Gasteiger partial charge on any atom is 0.331 e. The zero-order valence-electron chi connectivity index (χ0n) is 14.4. The molecule has 1 amide bonds. The first-order valence-corrected chi connectivity index (χ1v) is 9.57. The van der Waals surface area contributed by atoms with Crippen LogP contribution in [0.1, 0.15) is 12.5 Å². The number of para-hydroxylation sites is 1. The number of amides is 1. The Morgan fingerprint density at radius 1 is 1.11 bits per heavy atom. The third-order valence-corrected chi connectivity index (χ3v) is 5.13. The van der Waals surface area contributed by atoms with Gasteiger partial charge in [0.25, 0.3) is 15.9 Å². The van der Waals surface area contributed by atoms with E-state index in [-0.39, 0.29) is 10.7 Å². The minimum absolute atomic E-state index is 0.0730. The van der Waals surface area contributed by atoms with E-state index in [1.165, 1.54) is 13.0 Å². The van der Waals surface area contributed by atoms with Gasteiger partial charge < -0.3 is 10.1 Å². The predicted molar refractivity (Wildman–Crippen MR) is 98.8 cm³/mol. The third kappa shape index (κ3) is 4.32. The number of hydrogen-bond donors (Lipinski definition) is 2. The van der Waals surface area contributed by atoms with E-state index in [0.717, 1.165) is 0 Å². The van der Waals surface area contributed by atoms with Crippen LogP contribution in [-0.2, 0) is 24.3 Å². The van der Waals surface area contributed by atoms with Crippen molar-refractivity contribution in [3.63, 3.8) is 0 Å². The maximum absolute atomic E-state index is 12.1. The van der Waals surface area contributed by atoms with E-state index in [1.807, 2.05) is 6.07 Å². The zero-order chi connectivity index (χ0) is 19.4. The molecule has 0 saturated heterocycles. The van der Waals surface area contributed by atoms with E-state index < -0.39 is 34.5 Å². The van der Waals surface area contributed by atoms with Gasteiger partial charge in [-0.2, -0.15) is 0 Å². The number of fused-ring (bicyclic) bond motifs is 1. The Bertz CT molecular complexity index is 1000. The fourth-order valence-electron chi connectivity index (χ4n) is 2.45. The number of carbonyl (C=O) groups is 2. The standard InChI is InChI=1S/C18H17N3O5S/c1-12(18(23)26-11-16(22)20-13-7-3-2-4-8-13)19-17-14-9-5-6-10-15(14)27(24,25)21-17/h2-10,12H,11H2,1H3,(H,19,21)(H,20,22)/t12-/m1/s1. The molecule has 1 aliphatic rings. The van der Waals surface area contributed by atoms with Gasteiger partial charge in [-0.05, 0) is 31.2 Å². The summed E-state index contributed by atoms with van der Waals surface area (Å²) >= 11 is 0. The number of amidine groups is 1. The quantitative estimate of drug-likeness (QED) is 0.751. The molecule has 9 heteroatoms. The predicted octanol–water partition coefficient (Wildman–Crippen LogP) is 1.30. The first-order valence-electron chi connectivity index (χ1n) is 8.08. The molecule has 2 aromatic carbocycles. The molecule has 8 nitrogen and oxygen atoms in total. The second-order valence-electron chi connectivity index (χ2n) is 5.78. The van der Waals surface area contributed by atoms with Gasteiger partial charge in [-0.3, -0.25) is 14.5 Å². The second-order valence-corrected chi connectivity index (χ2v) is 7.43. The summed E-state index contributed by atoms with van der Waals surface area (Å²) in [5.41, 5.74) is 0.975. The van der Waals surface area contributed by atoms with Crippen LogP contribution in [0.2, 0.25) is 0 Å². The van der Waals surface area contributed by atoms with Crippen LogP contribution >= 0.6 is 0 Å². The molecule has 2 aromatic rings. The minimum atomic E-state index is -3.68. The van der Waals surface area contributed by atoms with Gasteiger partial charge in [-0.15, -0.1) is 0 Å². The number of esters is 1. The van der Waals surface area contributed by atoms with Crippen molar-refractivity contribution < 1.29 is 22.7 Å². The molecular weight excluding hydrogens is 370 g/mol. The SMILES string of the molecule is C[C@@H](N=C1NS(=O)(=O)c2ccccc21)C(=O)OCC(=O)Nc1ccccc1. The number of hydrogen-bond acceptors (Lipinski definition) is 6. The van der Waals surface area contributed by atoms with Gasteiger partial charge in [-0.25, -0.2) is 13.2 Å². The molecule has 1 heterocycles. The number of sulfonamides is 1. The number of rotatable bonds is 5. The Kier molecular flexibility index (Phi) is 5.22. The Labute approximate surface area is 156 Å². The molecule has 0 fully saturated rings. The molecule has 0 bridgehead atoms. The van der Waals surface area contributed by atoms with Gasteiger partial charge in [0.2, 0.25) is 0 Å². The number of nitrogens with zero attached hydrogens (tertiary/aromatic N) is 1. The van der Waals surface area contributed by atoms with Gasteiger partial charge in [0.15, 0.2) is 6.61 Å². The van der Waals surface area contributed by atoms with Crippen LogP contribution in [-0.4, -0.2) is 38.8 Å². The van der Waals surface area contributed by atoms with Crippen molar-refractivity contribution in [2.24, 2.45) is 4.99 Å². The molecule has 2 N–H and O–H groups in total. The van der Waals surface area contributed by atoms with Crippen LogP contribution in [0.3, 0.4) is 0 Å². The molecule has 0 aromatic heterocycles. The van der Waals surface area contributed by atoms with E-state index in [4.69, 9.17) is 4.74 Å². The lowest BCUT2D eigenvalue weighted by Gasteiger charge is -2.09. The Morgan fingerprint density at radius 3 is 2.52 bits per heavy atom. The summed E-state index contributed by atoms with van der Waals surface area (Å²) in [7, 11) is -3.68. The average Bonchev–Trinajstić information content (AvgIpc) is 2.91. The van der Waals surface area contributed by atoms with E-state index in [9.17, 15) is 18.0 Å². The van der Waals surface area contributed by atoms with Crippen molar-refractivity contribution in [2.45, 2.75) is 17.9 Å². The second kappa shape index (κ2) is 7.58. The van der Waals surface area contributed by atoms with E-state index >= 15 is 0 Å². The molecule has 3 rings (SSSR count). The third-order valence-electron chi connectivity index (χ3n) is 3.73. The highest BCUT2D eigenvalue weighted by molar-refractivity contribution is 7.90. The molecule has 27 heavy (non-hydrogen) atoms. The Balaban J connectivity index is 1.61. The number of benzene rings is 2. The number of carbonyl (C=O) groups excluding carboxylic acids is 2. The number of nitrogens with one attached hydrogen (secondary N) is 2. The van der Waals surface area contributed by atoms with E-state index in [0.29, 0.717) is 11.3 Å². The van der Waals surface area contributed by atoms with E-state index in [1.54, 1.807) is 42.5 Å². The molecule has 0 unspecified atom stereocenters. The fourth-order valence-corrected chi connectivity index (χ4v) is 3.69. The van der Waals surface area contributed by atoms with Gasteiger partial charge in [0.1, 0.15) is 11.9 Å². The van der Waals surface area contributed by atoms with Crippen molar-refractivity contribution in [2.75, 3.05) is 11.9 Å². The molecule has 0 spiro atoms. The normalized spacial score (nSPS) is 16.9. The molecule has 0 radical (unpaired) electrons. The molecular formula is C18H17N3O5S. The molecule has 140 valence electrons. The smallest absolute Gasteiger partial charge is 0.331 e. The molecule has 0 aliphatic carbocycles. The summed E-state index contributed by atoms with van der Waals surface area (Å²) in [4.78, 5) is 28.1. The first kappa shape index (κ1) is 18.6. The summed E-state index contributed by atoms with van der Waals surface area (Å²) in [5, 5.41) is 2.59. The van der Waals surface area contributed by atoms with Crippen molar-refractivity contribution in [3.8, 4) is 0 Å². The van der Waals surface area contributed by atoms with Crippen molar-refractivity contribution in [1.82, 2.24) is 4.72 Å². The fraction of sp³-hybridized carbons (Fsp3) is 0.167. The summed E-state index contributed by atoms with van der Waals surface area (Å²) in [5.74, 6) is -1.15. The summed E-state index contributed by atoms with van der Waals surface area (Å²) < 4.78 is 31.4. The highest BCUT2D eigenvalue weighted by Crippen LogP contribution is 2.22. The van der Waals surface area contributed by atoms with Crippen LogP contribution in [0.4, 0.5) is 5.69 Å². The number of ether oxygens (including phenoxy) is 1. The van der Waals surface area contributed by atoms with E-state index in [2.05, 4.69) is 15.0 Å².